The summed E-state index contributed by atoms with van der Waals surface area (Å²) >= 11 is 10.4. The number of hydrogen-bond acceptors (Lipinski definition) is 5. The van der Waals surface area contributed by atoms with Crippen LogP contribution in [0, 0.1) is 0 Å². The highest BCUT2D eigenvalue weighted by Crippen LogP contribution is 2.13. The number of halogens is 1. The topological polar surface area (TPSA) is 64.1 Å². The van der Waals surface area contributed by atoms with Crippen molar-refractivity contribution in [1.29, 1.82) is 0 Å². The van der Waals surface area contributed by atoms with Gasteiger partial charge in [0, 0.05) is 11.4 Å². The molecule has 0 saturated heterocycles. The molecule has 0 aromatic carbocycles. The molecule has 7 heteroatoms. The Bertz CT molecular complexity index is 446. The van der Waals surface area contributed by atoms with Crippen LogP contribution < -0.4 is 5.32 Å². The second-order valence-corrected chi connectivity index (χ2v) is 4.80. The van der Waals surface area contributed by atoms with Crippen LogP contribution in [-0.2, 0) is 4.74 Å². The van der Waals surface area contributed by atoms with Crippen LogP contribution in [0.15, 0.2) is 6.07 Å². The van der Waals surface area contributed by atoms with Gasteiger partial charge in [0.25, 0.3) is 0 Å². The maximum Gasteiger partial charge on any atom is 0.413 e. The van der Waals surface area contributed by atoms with E-state index in [9.17, 15) is 4.79 Å². The molecule has 92 valence electrons. The minimum absolute atomic E-state index is 0.196. The summed E-state index contributed by atoms with van der Waals surface area (Å²) in [6.45, 7) is 5.30. The van der Waals surface area contributed by atoms with Gasteiger partial charge in [-0.25, -0.2) is 14.8 Å². The number of nitrogens with one attached hydrogen (secondary N) is 1. The van der Waals surface area contributed by atoms with Crippen molar-refractivity contribution in [2.75, 3.05) is 5.32 Å². The number of anilines is 1. The zero-order valence-corrected chi connectivity index (χ0v) is 11.2. The minimum atomic E-state index is -0.609. The molecule has 0 aliphatic heterocycles. The minimum Gasteiger partial charge on any atom is -0.444 e. The molecule has 1 aromatic rings. The van der Waals surface area contributed by atoms with E-state index in [1.54, 1.807) is 20.8 Å². The molecule has 0 spiro atoms. The van der Waals surface area contributed by atoms with E-state index in [0.717, 1.165) is 0 Å². The zero-order chi connectivity index (χ0) is 13.1. The molecule has 0 aliphatic carbocycles. The molecule has 1 N–H and O–H groups in total. The molecule has 1 heterocycles. The number of rotatable bonds is 2. The summed E-state index contributed by atoms with van der Waals surface area (Å²) in [5, 5.41) is 3.92. The van der Waals surface area contributed by atoms with Gasteiger partial charge in [0.15, 0.2) is 5.82 Å². The third-order valence-electron chi connectivity index (χ3n) is 1.45. The van der Waals surface area contributed by atoms with E-state index in [1.165, 1.54) is 11.4 Å². The smallest absolute Gasteiger partial charge is 0.413 e. The van der Waals surface area contributed by atoms with Crippen molar-refractivity contribution in [2.24, 2.45) is 0 Å². The van der Waals surface area contributed by atoms with Gasteiger partial charge >= 0.3 is 6.09 Å². The monoisotopic (exact) mass is 273 g/mol. The fourth-order valence-corrected chi connectivity index (χ4v) is 1.26. The lowest BCUT2D eigenvalue weighted by Gasteiger charge is -2.19. The van der Waals surface area contributed by atoms with Crippen LogP contribution in [0.2, 0.25) is 5.15 Å². The number of amides is 1. The Labute approximate surface area is 110 Å². The van der Waals surface area contributed by atoms with Crippen molar-refractivity contribution in [3.63, 3.8) is 0 Å². The molecule has 0 atom stereocenters. The Kier molecular flexibility index (Phi) is 4.36. The fraction of sp³-hybridized carbons (Fsp3) is 0.400. The van der Waals surface area contributed by atoms with E-state index in [2.05, 4.69) is 27.5 Å². The van der Waals surface area contributed by atoms with Gasteiger partial charge in [0.1, 0.15) is 16.6 Å². The van der Waals surface area contributed by atoms with Crippen LogP contribution in [0.5, 0.6) is 0 Å². The van der Waals surface area contributed by atoms with E-state index >= 15 is 0 Å². The largest absolute Gasteiger partial charge is 0.444 e. The highest BCUT2D eigenvalue weighted by atomic mass is 35.5. The third kappa shape index (κ3) is 5.06. The molecule has 0 fully saturated rings. The van der Waals surface area contributed by atoms with Gasteiger partial charge in [-0.2, -0.15) is 0 Å². The van der Waals surface area contributed by atoms with Crippen LogP contribution in [-0.4, -0.2) is 27.0 Å². The van der Waals surface area contributed by atoms with Crippen molar-refractivity contribution >= 4 is 41.1 Å². The summed E-state index contributed by atoms with van der Waals surface area (Å²) in [7, 11) is 0. The average Bonchev–Trinajstić information content (AvgIpc) is 2.13. The van der Waals surface area contributed by atoms with Crippen molar-refractivity contribution in [3.8, 4) is 0 Å². The first-order valence-electron chi connectivity index (χ1n) is 4.80. The Morgan fingerprint density at radius 1 is 1.53 bits per heavy atom. The number of nitrogens with zero attached hydrogens (tertiary/aromatic N) is 2. The molecule has 1 rings (SSSR count). The third-order valence-corrected chi connectivity index (χ3v) is 1.85. The molecular weight excluding hydrogens is 262 g/mol. The van der Waals surface area contributed by atoms with Gasteiger partial charge < -0.3 is 4.74 Å². The molecule has 1 aromatic heterocycles. The summed E-state index contributed by atoms with van der Waals surface area (Å²) in [5.41, 5.74) is -0.576. The highest BCUT2D eigenvalue weighted by Gasteiger charge is 2.16. The first kappa shape index (κ1) is 13.8. The van der Waals surface area contributed by atoms with Crippen LogP contribution in [0.25, 0.3) is 0 Å². The lowest BCUT2D eigenvalue weighted by molar-refractivity contribution is 0.0635. The van der Waals surface area contributed by atoms with Gasteiger partial charge in [0.2, 0.25) is 0 Å². The van der Waals surface area contributed by atoms with Crippen molar-refractivity contribution < 1.29 is 9.53 Å². The van der Waals surface area contributed by atoms with Gasteiger partial charge in [-0.05, 0) is 20.8 Å². The summed E-state index contributed by atoms with van der Waals surface area (Å²) in [4.78, 5) is 19.3. The molecule has 1 amide bonds. The molecule has 17 heavy (non-hydrogen) atoms. The maximum atomic E-state index is 11.5. The number of carbonyl (C=O) groups is 1. The maximum absolute atomic E-state index is 11.5. The van der Waals surface area contributed by atoms with Crippen molar-refractivity contribution in [1.82, 2.24) is 9.97 Å². The average molecular weight is 274 g/mol. The van der Waals surface area contributed by atoms with Gasteiger partial charge in [-0.15, -0.1) is 0 Å². The van der Waals surface area contributed by atoms with Gasteiger partial charge in [-0.3, -0.25) is 5.32 Å². The number of thiocarbonyl (C=S) groups is 1. The molecule has 0 aliphatic rings. The number of aromatic nitrogens is 2. The zero-order valence-electron chi connectivity index (χ0n) is 9.65. The van der Waals surface area contributed by atoms with Crippen LogP contribution in [0.4, 0.5) is 10.6 Å². The summed E-state index contributed by atoms with van der Waals surface area (Å²) < 4.78 is 5.07. The summed E-state index contributed by atoms with van der Waals surface area (Å²) in [6, 6.07) is 1.41. The van der Waals surface area contributed by atoms with E-state index in [-0.39, 0.29) is 16.8 Å². The summed E-state index contributed by atoms with van der Waals surface area (Å²) in [6.07, 6.45) is -0.609. The van der Waals surface area contributed by atoms with Crippen LogP contribution in [0.1, 0.15) is 26.6 Å². The fourth-order valence-electron chi connectivity index (χ4n) is 0.960. The van der Waals surface area contributed by atoms with E-state index in [4.69, 9.17) is 16.3 Å². The Balaban J connectivity index is 2.78. The molecule has 0 saturated carbocycles. The Morgan fingerprint density at radius 3 is 2.71 bits per heavy atom. The predicted molar refractivity (Wildman–Crippen MR) is 69.7 cm³/mol. The van der Waals surface area contributed by atoms with Crippen molar-refractivity contribution in [3.05, 3.63) is 17.0 Å². The summed E-state index contributed by atoms with van der Waals surface area (Å²) in [5.74, 6) is 0.508. The predicted octanol–water partition coefficient (Wildman–Crippen LogP) is 2.82. The van der Waals surface area contributed by atoms with Gasteiger partial charge in [-0.1, -0.05) is 23.8 Å². The SMILES string of the molecule is CC(C)(C)OC(=O)Nc1cc(Cl)nc(C=S)n1. The molecule has 5 nitrogen and oxygen atoms in total. The number of carbonyl (C=O) groups excluding carboxylic acids is 1. The second kappa shape index (κ2) is 5.37. The lowest BCUT2D eigenvalue weighted by atomic mass is 10.2. The second-order valence-electron chi connectivity index (χ2n) is 4.18. The first-order valence-corrected chi connectivity index (χ1v) is 5.65. The molecule has 0 unspecified atom stereocenters. The molecule has 0 bridgehead atoms. The highest BCUT2D eigenvalue weighted by molar-refractivity contribution is 7.79. The molecular formula is C10H12ClN3O2S. The van der Waals surface area contributed by atoms with Crippen LogP contribution >= 0.6 is 23.8 Å². The van der Waals surface area contributed by atoms with Crippen LogP contribution in [0.3, 0.4) is 0 Å². The first-order chi connectivity index (χ1) is 7.80. The van der Waals surface area contributed by atoms with E-state index in [0.29, 0.717) is 0 Å². The lowest BCUT2D eigenvalue weighted by Crippen LogP contribution is -2.27. The van der Waals surface area contributed by atoms with Gasteiger partial charge in [0.05, 0.1) is 0 Å². The number of ether oxygens (including phenoxy) is 1. The van der Waals surface area contributed by atoms with E-state index < -0.39 is 11.7 Å². The molecule has 0 radical (unpaired) electrons. The standard InChI is InChI=1S/C10H12ClN3O2S/c1-10(2,3)16-9(15)14-7-4-6(11)12-8(5-17)13-7/h4-5H,1-3H3,(H,12,13,14,15). The quantitative estimate of drug-likeness (QED) is 0.663. The number of hydrogen-bond donors (Lipinski definition) is 1. The normalized spacial score (nSPS) is 10.8. The Morgan fingerprint density at radius 2 is 2.18 bits per heavy atom. The van der Waals surface area contributed by atoms with Crippen molar-refractivity contribution in [2.45, 2.75) is 26.4 Å². The Hall–Kier alpha value is -1.27. The van der Waals surface area contributed by atoms with E-state index in [1.807, 2.05) is 0 Å².